The van der Waals surface area contributed by atoms with E-state index in [0.717, 1.165) is 16.7 Å². The predicted octanol–water partition coefficient (Wildman–Crippen LogP) is 2.36. The Labute approximate surface area is 155 Å². The van der Waals surface area contributed by atoms with E-state index in [1.54, 1.807) is 9.80 Å². The van der Waals surface area contributed by atoms with Crippen molar-refractivity contribution < 1.29 is 19.1 Å². The summed E-state index contributed by atoms with van der Waals surface area (Å²) in [6, 6.07) is 6.04. The number of methoxy groups -OCH3 is 1. The molecule has 26 heavy (non-hydrogen) atoms. The Hall–Kier alpha value is -2.37. The molecule has 1 saturated heterocycles. The Balaban J connectivity index is 1.95. The smallest absolute Gasteiger partial charge is 0.306 e. The van der Waals surface area contributed by atoms with Crippen LogP contribution in [-0.4, -0.2) is 60.9 Å². The van der Waals surface area contributed by atoms with Gasteiger partial charge in [0.1, 0.15) is 0 Å². The first kappa shape index (κ1) is 19.9. The second-order valence-corrected chi connectivity index (χ2v) is 6.98. The molecule has 0 aliphatic carbocycles. The lowest BCUT2D eigenvalue weighted by Gasteiger charge is -2.35. The molecule has 1 aliphatic heterocycles. The summed E-state index contributed by atoms with van der Waals surface area (Å²) in [7, 11) is 1.31. The van der Waals surface area contributed by atoms with Gasteiger partial charge in [-0.25, -0.2) is 0 Å². The summed E-state index contributed by atoms with van der Waals surface area (Å²) < 4.78 is 4.56. The predicted molar refractivity (Wildman–Crippen MR) is 99.0 cm³/mol. The van der Waals surface area contributed by atoms with Gasteiger partial charge in [-0.1, -0.05) is 26.0 Å². The first-order valence-corrected chi connectivity index (χ1v) is 9.08. The maximum absolute atomic E-state index is 12.9. The van der Waals surface area contributed by atoms with Gasteiger partial charge in [-0.05, 0) is 30.0 Å². The number of hydrogen-bond donors (Lipinski definition) is 0. The number of amides is 2. The molecule has 6 heteroatoms. The van der Waals surface area contributed by atoms with Gasteiger partial charge < -0.3 is 14.5 Å². The average Bonchev–Trinajstić information content (AvgIpc) is 2.65. The van der Waals surface area contributed by atoms with Gasteiger partial charge in [0.05, 0.1) is 13.5 Å². The number of aryl methyl sites for hydroxylation is 1. The van der Waals surface area contributed by atoms with Gasteiger partial charge in [0.2, 0.25) is 5.91 Å². The number of carbonyl (C=O) groups is 3. The highest BCUT2D eigenvalue weighted by atomic mass is 16.5. The molecule has 6 nitrogen and oxygen atoms in total. The summed E-state index contributed by atoms with van der Waals surface area (Å²) >= 11 is 0. The molecule has 142 valence electrons. The van der Waals surface area contributed by atoms with E-state index in [4.69, 9.17) is 0 Å². The normalized spacial score (nSPS) is 14.5. The van der Waals surface area contributed by atoms with E-state index in [1.807, 2.05) is 19.1 Å². The number of piperazine rings is 1. The Morgan fingerprint density at radius 2 is 1.65 bits per heavy atom. The van der Waals surface area contributed by atoms with Crippen molar-refractivity contribution in [2.24, 2.45) is 0 Å². The highest BCUT2D eigenvalue weighted by Gasteiger charge is 2.26. The average molecular weight is 360 g/mol. The van der Waals surface area contributed by atoms with Crippen molar-refractivity contribution in [1.82, 2.24) is 9.80 Å². The highest BCUT2D eigenvalue weighted by Crippen LogP contribution is 2.20. The summed E-state index contributed by atoms with van der Waals surface area (Å²) in [5, 5.41) is 0. The van der Waals surface area contributed by atoms with E-state index < -0.39 is 0 Å². The van der Waals surface area contributed by atoms with Crippen LogP contribution in [0.4, 0.5) is 0 Å². The van der Waals surface area contributed by atoms with Gasteiger partial charge in [0, 0.05) is 38.2 Å². The van der Waals surface area contributed by atoms with Crippen LogP contribution in [0.15, 0.2) is 18.2 Å². The molecule has 1 aliphatic rings. The topological polar surface area (TPSA) is 66.9 Å². The molecule has 0 saturated carbocycles. The molecule has 0 radical (unpaired) electrons. The summed E-state index contributed by atoms with van der Waals surface area (Å²) in [6.07, 6.45) is 0.242. The Kier molecular flexibility index (Phi) is 6.77. The quantitative estimate of drug-likeness (QED) is 0.756. The van der Waals surface area contributed by atoms with E-state index in [2.05, 4.69) is 24.7 Å². The zero-order chi connectivity index (χ0) is 19.3. The van der Waals surface area contributed by atoms with E-state index in [-0.39, 0.29) is 30.6 Å². The second-order valence-electron chi connectivity index (χ2n) is 6.98. The molecule has 2 amide bonds. The van der Waals surface area contributed by atoms with Crippen LogP contribution < -0.4 is 0 Å². The van der Waals surface area contributed by atoms with Crippen LogP contribution in [0.1, 0.15) is 54.1 Å². The number of nitrogens with zero attached hydrogens (tertiary/aromatic N) is 2. The lowest BCUT2D eigenvalue weighted by molar-refractivity contribution is -0.143. The highest BCUT2D eigenvalue weighted by molar-refractivity contribution is 5.96. The number of benzene rings is 1. The third kappa shape index (κ3) is 4.84. The Morgan fingerprint density at radius 1 is 1.04 bits per heavy atom. The first-order chi connectivity index (χ1) is 12.3. The van der Waals surface area contributed by atoms with Crippen LogP contribution in [0.5, 0.6) is 0 Å². The minimum Gasteiger partial charge on any atom is -0.469 e. The Morgan fingerprint density at radius 3 is 2.23 bits per heavy atom. The molecule has 0 atom stereocenters. The molecule has 1 aromatic carbocycles. The molecule has 2 rings (SSSR count). The standard InChI is InChI=1S/C20H28N2O4/c1-14(2)16-6-5-15(3)17(13-16)20(25)22-11-9-21(10-12-22)18(23)7-8-19(24)26-4/h5-6,13-14H,7-12H2,1-4H3. The fraction of sp³-hybridized carbons (Fsp3) is 0.550. The molecule has 0 N–H and O–H groups in total. The van der Waals surface area contributed by atoms with E-state index in [0.29, 0.717) is 32.1 Å². The van der Waals surface area contributed by atoms with Crippen LogP contribution in [0.25, 0.3) is 0 Å². The van der Waals surface area contributed by atoms with E-state index in [1.165, 1.54) is 7.11 Å². The van der Waals surface area contributed by atoms with Crippen LogP contribution in [-0.2, 0) is 14.3 Å². The zero-order valence-corrected chi connectivity index (χ0v) is 16.1. The maximum atomic E-state index is 12.9. The van der Waals surface area contributed by atoms with Crippen molar-refractivity contribution in [2.45, 2.75) is 39.5 Å². The lowest BCUT2D eigenvalue weighted by Crippen LogP contribution is -2.50. The summed E-state index contributed by atoms with van der Waals surface area (Å²) in [4.78, 5) is 39.7. The molecule has 0 bridgehead atoms. The van der Waals surface area contributed by atoms with Gasteiger partial charge in [0.25, 0.3) is 5.91 Å². The lowest BCUT2D eigenvalue weighted by atomic mass is 9.97. The minimum atomic E-state index is -0.382. The number of carbonyl (C=O) groups excluding carboxylic acids is 3. The molecular formula is C20H28N2O4. The Bertz CT molecular complexity index is 676. The first-order valence-electron chi connectivity index (χ1n) is 9.08. The van der Waals surface area contributed by atoms with Gasteiger partial charge in [0.15, 0.2) is 0 Å². The molecule has 1 heterocycles. The summed E-state index contributed by atoms with van der Waals surface area (Å²) in [5.41, 5.74) is 2.85. The van der Waals surface area contributed by atoms with Crippen LogP contribution in [0.2, 0.25) is 0 Å². The van der Waals surface area contributed by atoms with Crippen molar-refractivity contribution >= 4 is 17.8 Å². The fourth-order valence-corrected chi connectivity index (χ4v) is 3.03. The van der Waals surface area contributed by atoms with Crippen LogP contribution in [0.3, 0.4) is 0 Å². The van der Waals surface area contributed by atoms with Crippen molar-refractivity contribution in [3.63, 3.8) is 0 Å². The van der Waals surface area contributed by atoms with Crippen LogP contribution >= 0.6 is 0 Å². The maximum Gasteiger partial charge on any atom is 0.306 e. The summed E-state index contributed by atoms with van der Waals surface area (Å²) in [5.74, 6) is -0.0637. The van der Waals surface area contributed by atoms with Crippen molar-refractivity contribution in [3.05, 3.63) is 34.9 Å². The van der Waals surface area contributed by atoms with Crippen molar-refractivity contribution in [3.8, 4) is 0 Å². The molecule has 0 spiro atoms. The molecule has 0 unspecified atom stereocenters. The second kappa shape index (κ2) is 8.83. The third-order valence-corrected chi connectivity index (χ3v) is 4.85. The van der Waals surface area contributed by atoms with Gasteiger partial charge >= 0.3 is 5.97 Å². The number of esters is 1. The largest absolute Gasteiger partial charge is 0.469 e. The molecule has 1 fully saturated rings. The zero-order valence-electron chi connectivity index (χ0n) is 16.1. The molecule has 1 aromatic rings. The van der Waals surface area contributed by atoms with E-state index >= 15 is 0 Å². The molecule has 0 aromatic heterocycles. The summed E-state index contributed by atoms with van der Waals surface area (Å²) in [6.45, 7) is 8.17. The van der Waals surface area contributed by atoms with Crippen LogP contribution in [0, 0.1) is 6.92 Å². The molecular weight excluding hydrogens is 332 g/mol. The van der Waals surface area contributed by atoms with Gasteiger partial charge in [-0.3, -0.25) is 14.4 Å². The van der Waals surface area contributed by atoms with E-state index in [9.17, 15) is 14.4 Å². The number of hydrogen-bond acceptors (Lipinski definition) is 4. The minimum absolute atomic E-state index is 0.0201. The fourth-order valence-electron chi connectivity index (χ4n) is 3.03. The van der Waals surface area contributed by atoms with Gasteiger partial charge in [-0.15, -0.1) is 0 Å². The van der Waals surface area contributed by atoms with Crippen molar-refractivity contribution in [1.29, 1.82) is 0 Å². The number of ether oxygens (including phenoxy) is 1. The van der Waals surface area contributed by atoms with Gasteiger partial charge in [-0.2, -0.15) is 0 Å². The monoisotopic (exact) mass is 360 g/mol. The van der Waals surface area contributed by atoms with Crippen molar-refractivity contribution in [2.75, 3.05) is 33.3 Å². The third-order valence-electron chi connectivity index (χ3n) is 4.85. The number of rotatable bonds is 5. The SMILES string of the molecule is COC(=O)CCC(=O)N1CCN(C(=O)c2cc(C(C)C)ccc2C)CC1.